The van der Waals surface area contributed by atoms with Gasteiger partial charge in [0, 0.05) is 16.7 Å². The van der Waals surface area contributed by atoms with Gasteiger partial charge in [-0.05, 0) is 25.1 Å². The Morgan fingerprint density at radius 1 is 1.20 bits per heavy atom. The third-order valence-electron chi connectivity index (χ3n) is 3.57. The number of hydrogen-bond acceptors (Lipinski definition) is 4. The van der Waals surface area contributed by atoms with E-state index in [9.17, 15) is 14.9 Å². The molecule has 0 radical (unpaired) electrons. The third kappa shape index (κ3) is 3.67. The van der Waals surface area contributed by atoms with Crippen molar-refractivity contribution in [3.05, 3.63) is 74.9 Å². The fourth-order valence-electron chi connectivity index (χ4n) is 2.26. The number of nitro groups is 1. The van der Waals surface area contributed by atoms with Gasteiger partial charge in [-0.15, -0.1) is 0 Å². The number of carbonyl (C=O) groups is 1. The first-order valence-corrected chi connectivity index (χ1v) is 7.69. The Balaban J connectivity index is 1.83. The monoisotopic (exact) mass is 356 g/mol. The van der Waals surface area contributed by atoms with E-state index in [2.05, 4.69) is 15.5 Å². The minimum absolute atomic E-state index is 0.0610. The Labute approximate surface area is 147 Å². The van der Waals surface area contributed by atoms with Crippen molar-refractivity contribution in [1.29, 1.82) is 0 Å². The van der Waals surface area contributed by atoms with Crippen molar-refractivity contribution < 1.29 is 9.72 Å². The van der Waals surface area contributed by atoms with Crippen molar-refractivity contribution in [2.45, 2.75) is 6.92 Å². The number of hydrogen-bond donors (Lipinski definition) is 2. The second-order valence-electron chi connectivity index (χ2n) is 5.41. The maximum Gasteiger partial charge on any atom is 0.294 e. The third-order valence-corrected chi connectivity index (χ3v) is 3.81. The van der Waals surface area contributed by atoms with Crippen molar-refractivity contribution in [3.8, 4) is 11.3 Å². The van der Waals surface area contributed by atoms with Crippen molar-refractivity contribution in [2.75, 3.05) is 5.32 Å². The summed E-state index contributed by atoms with van der Waals surface area (Å²) in [6.45, 7) is 1.98. The van der Waals surface area contributed by atoms with Crippen LogP contribution in [0.4, 0.5) is 11.4 Å². The molecule has 3 aromatic rings. The van der Waals surface area contributed by atoms with Crippen LogP contribution in [0.3, 0.4) is 0 Å². The van der Waals surface area contributed by atoms with Gasteiger partial charge in [0.1, 0.15) is 11.4 Å². The molecule has 0 saturated carbocycles. The molecule has 0 fully saturated rings. The Morgan fingerprint density at radius 3 is 2.60 bits per heavy atom. The molecular formula is C17H13ClN4O3. The van der Waals surface area contributed by atoms with E-state index in [-0.39, 0.29) is 22.1 Å². The van der Waals surface area contributed by atoms with Crippen LogP contribution in [0.2, 0.25) is 5.02 Å². The standard InChI is InChI=1S/C17H13ClN4O3/c1-10-2-4-11(5-3-10)14-9-15(21-20-14)17(23)19-13-7-6-12(18)8-16(13)22(24)25/h2-9H,1H3,(H,19,23)(H,20,21). The van der Waals surface area contributed by atoms with Crippen LogP contribution >= 0.6 is 11.6 Å². The molecule has 1 aromatic heterocycles. The first kappa shape index (κ1) is 16.7. The van der Waals surface area contributed by atoms with Crippen LogP contribution in [0.25, 0.3) is 11.3 Å². The first-order valence-electron chi connectivity index (χ1n) is 7.32. The van der Waals surface area contributed by atoms with Crippen molar-refractivity contribution >= 4 is 28.9 Å². The largest absolute Gasteiger partial charge is 0.315 e. The highest BCUT2D eigenvalue weighted by molar-refractivity contribution is 6.31. The molecule has 2 N–H and O–H groups in total. The van der Waals surface area contributed by atoms with E-state index in [0.717, 1.165) is 11.1 Å². The molecule has 2 aromatic carbocycles. The highest BCUT2D eigenvalue weighted by Gasteiger charge is 2.18. The Kier molecular flexibility index (Phi) is 4.49. The summed E-state index contributed by atoms with van der Waals surface area (Å²) in [5.41, 5.74) is 2.56. The van der Waals surface area contributed by atoms with E-state index < -0.39 is 10.8 Å². The number of nitro benzene ring substituents is 1. The van der Waals surface area contributed by atoms with Crippen molar-refractivity contribution in [2.24, 2.45) is 0 Å². The number of aromatic nitrogens is 2. The summed E-state index contributed by atoms with van der Waals surface area (Å²) in [5.74, 6) is -0.531. The lowest BCUT2D eigenvalue weighted by molar-refractivity contribution is -0.383. The highest BCUT2D eigenvalue weighted by Crippen LogP contribution is 2.28. The maximum atomic E-state index is 12.3. The summed E-state index contributed by atoms with van der Waals surface area (Å²) in [7, 11) is 0. The van der Waals surface area contributed by atoms with Gasteiger partial charge in [-0.25, -0.2) is 0 Å². The molecule has 1 heterocycles. The van der Waals surface area contributed by atoms with Gasteiger partial charge < -0.3 is 5.32 Å². The molecule has 8 heteroatoms. The molecule has 0 aliphatic rings. The molecule has 25 heavy (non-hydrogen) atoms. The molecule has 7 nitrogen and oxygen atoms in total. The van der Waals surface area contributed by atoms with Crippen molar-refractivity contribution in [3.63, 3.8) is 0 Å². The van der Waals surface area contributed by atoms with Gasteiger partial charge in [-0.1, -0.05) is 41.4 Å². The van der Waals surface area contributed by atoms with E-state index in [1.807, 2.05) is 31.2 Å². The van der Waals surface area contributed by atoms with Crippen LogP contribution in [0.1, 0.15) is 16.1 Å². The summed E-state index contributed by atoms with van der Waals surface area (Å²) in [4.78, 5) is 22.8. The van der Waals surface area contributed by atoms with Crippen LogP contribution in [-0.2, 0) is 0 Å². The van der Waals surface area contributed by atoms with E-state index in [1.54, 1.807) is 6.07 Å². The van der Waals surface area contributed by atoms with Crippen LogP contribution in [0, 0.1) is 17.0 Å². The molecule has 0 bridgehead atoms. The van der Waals surface area contributed by atoms with E-state index >= 15 is 0 Å². The number of halogens is 1. The van der Waals surface area contributed by atoms with Crippen LogP contribution in [-0.4, -0.2) is 21.0 Å². The number of carbonyl (C=O) groups excluding carboxylic acids is 1. The predicted molar refractivity (Wildman–Crippen MR) is 94.8 cm³/mol. The first-order chi connectivity index (χ1) is 11.9. The quantitative estimate of drug-likeness (QED) is 0.540. The van der Waals surface area contributed by atoms with Gasteiger partial charge in [-0.3, -0.25) is 20.0 Å². The molecule has 126 valence electrons. The zero-order chi connectivity index (χ0) is 18.0. The lowest BCUT2D eigenvalue weighted by Crippen LogP contribution is -2.13. The average molecular weight is 357 g/mol. The number of nitrogens with one attached hydrogen (secondary N) is 2. The number of benzene rings is 2. The van der Waals surface area contributed by atoms with Gasteiger partial charge >= 0.3 is 0 Å². The topological polar surface area (TPSA) is 101 Å². The number of anilines is 1. The summed E-state index contributed by atoms with van der Waals surface area (Å²) >= 11 is 5.76. The number of rotatable bonds is 4. The fraction of sp³-hybridized carbons (Fsp3) is 0.0588. The van der Waals surface area contributed by atoms with Crippen LogP contribution in [0.15, 0.2) is 48.5 Å². The summed E-state index contributed by atoms with van der Waals surface area (Å²) in [6.07, 6.45) is 0. The molecular weight excluding hydrogens is 344 g/mol. The molecule has 0 aliphatic carbocycles. The molecule has 0 unspecified atom stereocenters. The second-order valence-corrected chi connectivity index (χ2v) is 5.84. The zero-order valence-electron chi connectivity index (χ0n) is 13.1. The van der Waals surface area contributed by atoms with Gasteiger partial charge in [0.25, 0.3) is 11.6 Å². The maximum absolute atomic E-state index is 12.3. The minimum Gasteiger partial charge on any atom is -0.315 e. The molecule has 0 atom stereocenters. The Hall–Kier alpha value is -3.19. The van der Waals surface area contributed by atoms with Gasteiger partial charge in [0.15, 0.2) is 0 Å². The smallest absolute Gasteiger partial charge is 0.294 e. The zero-order valence-corrected chi connectivity index (χ0v) is 13.9. The normalized spacial score (nSPS) is 10.5. The average Bonchev–Trinajstić information content (AvgIpc) is 3.07. The molecule has 0 spiro atoms. The highest BCUT2D eigenvalue weighted by atomic mass is 35.5. The summed E-state index contributed by atoms with van der Waals surface area (Å²) in [5, 5.41) is 20.5. The Morgan fingerprint density at radius 2 is 1.92 bits per heavy atom. The van der Waals surface area contributed by atoms with E-state index in [4.69, 9.17) is 11.6 Å². The number of aryl methyl sites for hydroxylation is 1. The van der Waals surface area contributed by atoms with Crippen molar-refractivity contribution in [1.82, 2.24) is 10.2 Å². The van der Waals surface area contributed by atoms with Gasteiger partial charge in [0.2, 0.25) is 0 Å². The van der Waals surface area contributed by atoms with Crippen LogP contribution < -0.4 is 5.32 Å². The molecule has 0 aliphatic heterocycles. The fourth-order valence-corrected chi connectivity index (χ4v) is 2.43. The number of nitrogens with zero attached hydrogens (tertiary/aromatic N) is 2. The van der Waals surface area contributed by atoms with Gasteiger partial charge in [0.05, 0.1) is 10.6 Å². The second kappa shape index (κ2) is 6.74. The van der Waals surface area contributed by atoms with Gasteiger partial charge in [-0.2, -0.15) is 5.10 Å². The van der Waals surface area contributed by atoms with E-state index in [1.165, 1.54) is 18.2 Å². The SMILES string of the molecule is Cc1ccc(-c2cc(C(=O)Nc3ccc(Cl)cc3[N+](=O)[O-])[nH]n2)cc1. The lowest BCUT2D eigenvalue weighted by Gasteiger charge is -2.04. The lowest BCUT2D eigenvalue weighted by atomic mass is 10.1. The summed E-state index contributed by atoms with van der Waals surface area (Å²) < 4.78 is 0. The number of amides is 1. The molecule has 1 amide bonds. The molecule has 0 saturated heterocycles. The number of H-pyrrole nitrogens is 1. The summed E-state index contributed by atoms with van der Waals surface area (Å²) in [6, 6.07) is 13.3. The molecule has 3 rings (SSSR count). The van der Waals surface area contributed by atoms with E-state index in [0.29, 0.717) is 5.69 Å². The van der Waals surface area contributed by atoms with Crippen LogP contribution in [0.5, 0.6) is 0 Å². The Bertz CT molecular complexity index is 951. The minimum atomic E-state index is -0.605. The predicted octanol–water partition coefficient (Wildman–Crippen LogP) is 4.20. The number of aromatic amines is 1.